The summed E-state index contributed by atoms with van der Waals surface area (Å²) in [5.74, 6) is -2.84. The third-order valence-corrected chi connectivity index (χ3v) is 9.10. The van der Waals surface area contributed by atoms with Crippen LogP contribution in [-0.2, 0) is 35.3 Å². The summed E-state index contributed by atoms with van der Waals surface area (Å²) in [7, 11) is 0. The summed E-state index contributed by atoms with van der Waals surface area (Å²) in [6.45, 7) is 2.50. The topological polar surface area (TPSA) is 290 Å². The zero-order chi connectivity index (χ0) is 40.8. The Morgan fingerprint density at radius 3 is 2.28 bits per heavy atom. The number of carbonyl (C=O) groups is 7. The van der Waals surface area contributed by atoms with Gasteiger partial charge in [0, 0.05) is 39.4 Å². The van der Waals surface area contributed by atoms with Gasteiger partial charge in [-0.3, -0.25) is 33.8 Å². The first kappa shape index (κ1) is 41.9. The maximum Gasteiger partial charge on any atom is 0.410 e. The highest BCUT2D eigenvalue weighted by atomic mass is 16.6. The molecular weight excluding hydrogens is 710 g/mol. The third kappa shape index (κ3) is 12.9. The van der Waals surface area contributed by atoms with Crippen molar-refractivity contribution in [3.05, 3.63) is 29.8 Å². The van der Waals surface area contributed by atoms with E-state index in [1.54, 1.807) is 26.0 Å². The fourth-order valence-corrected chi connectivity index (χ4v) is 5.96. The number of ether oxygens (including phenoxy) is 1. The van der Waals surface area contributed by atoms with Gasteiger partial charge in [0.2, 0.25) is 29.5 Å². The number of likely N-dealkylation sites (tertiary alicyclic amines) is 2. The van der Waals surface area contributed by atoms with Crippen LogP contribution in [0.4, 0.5) is 15.3 Å². The summed E-state index contributed by atoms with van der Waals surface area (Å²) >= 11 is 0. The molecule has 0 bridgehead atoms. The smallest absolute Gasteiger partial charge is 0.410 e. The number of nitrogens with zero attached hydrogens (tertiary/aromatic N) is 2. The minimum absolute atomic E-state index is 0.0786. The molecule has 2 heterocycles. The van der Waals surface area contributed by atoms with Crippen LogP contribution in [0.3, 0.4) is 0 Å². The molecule has 10 N–H and O–H groups in total. The molecule has 0 radical (unpaired) electrons. The van der Waals surface area contributed by atoms with Crippen LogP contribution in [0.15, 0.2) is 24.3 Å². The quantitative estimate of drug-likeness (QED) is 0.0594. The lowest BCUT2D eigenvalue weighted by Gasteiger charge is -2.42. The number of hydrogen-bond donors (Lipinski definition) is 9. The van der Waals surface area contributed by atoms with Gasteiger partial charge in [0.05, 0.1) is 19.2 Å². The lowest BCUT2D eigenvalue weighted by molar-refractivity contribution is -0.138. The molecule has 0 spiro atoms. The van der Waals surface area contributed by atoms with Crippen molar-refractivity contribution in [2.24, 2.45) is 11.7 Å². The number of rotatable bonds is 19. The lowest BCUT2D eigenvalue weighted by atomic mass is 9.95. The van der Waals surface area contributed by atoms with Gasteiger partial charge >= 0.3 is 12.1 Å². The molecule has 2 saturated heterocycles. The van der Waals surface area contributed by atoms with Crippen LogP contribution in [0.1, 0.15) is 72.1 Å². The normalized spacial score (nSPS) is 22.6. The number of nitrogens with two attached hydrogens (primary N) is 1. The maximum atomic E-state index is 13.4. The molecule has 0 aliphatic carbocycles. The highest BCUT2D eigenvalue weighted by Crippen LogP contribution is 2.21. The Hall–Kier alpha value is -4.85. The molecule has 3 rings (SSSR count). The first-order valence-electron chi connectivity index (χ1n) is 18.5. The molecule has 19 nitrogen and oxygen atoms in total. The Bertz CT molecular complexity index is 1520. The van der Waals surface area contributed by atoms with Crippen molar-refractivity contribution < 1.29 is 60.1 Å². The molecule has 2 fully saturated rings. The molecule has 1 aromatic carbocycles. The van der Waals surface area contributed by atoms with Crippen molar-refractivity contribution in [3.8, 4) is 0 Å². The van der Waals surface area contributed by atoms with E-state index < -0.39 is 85.2 Å². The van der Waals surface area contributed by atoms with Crippen molar-refractivity contribution in [2.75, 3.05) is 31.6 Å². The van der Waals surface area contributed by atoms with E-state index in [4.69, 9.17) is 11.8 Å². The average molecular weight is 766 g/mol. The minimum atomic E-state index is -1.58. The number of primary amides is 1. The molecular formula is C35H53N7O12. The van der Waals surface area contributed by atoms with Crippen LogP contribution < -0.4 is 27.0 Å². The number of hydrogen-bond acceptors (Lipinski definition) is 12. The van der Waals surface area contributed by atoms with Gasteiger partial charge in [-0.25, -0.2) is 9.59 Å². The molecule has 2 aliphatic rings. The monoisotopic (exact) mass is 765 g/mol. The second-order valence-electron chi connectivity index (χ2n) is 13.6. The van der Waals surface area contributed by atoms with Crippen LogP contribution in [0.2, 0.25) is 0 Å². The number of urea groups is 1. The third-order valence-electron chi connectivity index (χ3n) is 9.10. The molecule has 0 aromatic heterocycles. The number of benzene rings is 1. The summed E-state index contributed by atoms with van der Waals surface area (Å²) < 4.78 is 12.9. The number of piperidine rings is 1. The van der Waals surface area contributed by atoms with Crippen molar-refractivity contribution in [1.82, 2.24) is 25.8 Å². The van der Waals surface area contributed by atoms with Crippen molar-refractivity contribution in [3.63, 3.8) is 0 Å². The summed E-state index contributed by atoms with van der Waals surface area (Å²) in [5.41, 5.74) is 5.97. The molecule has 0 saturated carbocycles. The molecule has 54 heavy (non-hydrogen) atoms. The van der Waals surface area contributed by atoms with E-state index in [1.165, 1.54) is 12.1 Å². The van der Waals surface area contributed by atoms with Crippen molar-refractivity contribution in [2.45, 2.75) is 108 Å². The summed E-state index contributed by atoms with van der Waals surface area (Å²) in [6, 6.07) is 2.16. The van der Waals surface area contributed by atoms with Gasteiger partial charge in [0.15, 0.2) is 0 Å². The van der Waals surface area contributed by atoms with E-state index in [0.29, 0.717) is 30.5 Å². The number of amides is 8. The molecule has 7 atom stereocenters. The van der Waals surface area contributed by atoms with Crippen LogP contribution in [0.25, 0.3) is 0 Å². The standard InChI is InChI=1S/C35H53N7O12/c1-20(2)29(40-26(45)8-4-3-5-16-41-27(46)13-14-28(41)47)33(51)39-23(7-6-15-37-34(36)52)32(50)38-22-11-9-21(10-12-22)19-54-35(53)42-17-25(44)31(49)30(48)24(42)18-43/h9-12,20,23-25,29-31,43-44,48-49H,3-8,13-19H2,1-2H3,(H,38,50)(H,39,51)(H,40,45)(H3,36,37,52)/t23?,24-,25-,29?,30-,31-/m1/s1/i13T/t13?,23?,24-,25-,29?,30-,31-. The van der Waals surface area contributed by atoms with Gasteiger partial charge < -0.3 is 52.2 Å². The van der Waals surface area contributed by atoms with Gasteiger partial charge in [-0.1, -0.05) is 32.4 Å². The van der Waals surface area contributed by atoms with Crippen LogP contribution in [-0.4, -0.2) is 135 Å². The zero-order valence-corrected chi connectivity index (χ0v) is 30.4. The number of nitrogens with one attached hydrogen (secondary N) is 4. The Kier molecular flexibility index (Phi) is 16.4. The summed E-state index contributed by atoms with van der Waals surface area (Å²) in [5, 5.41) is 50.1. The highest BCUT2D eigenvalue weighted by Gasteiger charge is 2.43. The number of unbranched alkanes of at least 4 members (excludes halogenated alkanes) is 2. The second-order valence-corrected chi connectivity index (χ2v) is 13.6. The van der Waals surface area contributed by atoms with E-state index in [9.17, 15) is 54.0 Å². The first-order chi connectivity index (χ1) is 26.0. The predicted molar refractivity (Wildman–Crippen MR) is 191 cm³/mol. The number of carbonyl (C=O) groups excluding carboxylic acids is 7. The van der Waals surface area contributed by atoms with E-state index in [0.717, 1.165) is 9.80 Å². The zero-order valence-electron chi connectivity index (χ0n) is 31.4. The van der Waals surface area contributed by atoms with Gasteiger partial charge in [0.1, 0.15) is 37.0 Å². The second kappa shape index (κ2) is 21.1. The maximum absolute atomic E-state index is 13.4. The SMILES string of the molecule is [3H]C1CC(=O)N(CCCCCC(=O)NC(C(=O)NC(CCCNC(N)=O)C(=O)Nc2ccc(COC(=O)N3C[C@@H](O)[C@@H](O)[C@H](O)[C@H]3CO)cc2)C(C)C)C1=O. The van der Waals surface area contributed by atoms with Crippen molar-refractivity contribution in [1.29, 1.82) is 0 Å². The van der Waals surface area contributed by atoms with Crippen LogP contribution in [0.5, 0.6) is 0 Å². The lowest BCUT2D eigenvalue weighted by Crippen LogP contribution is -2.63. The van der Waals surface area contributed by atoms with E-state index >= 15 is 0 Å². The largest absolute Gasteiger partial charge is 0.445 e. The minimum Gasteiger partial charge on any atom is -0.445 e. The fraction of sp³-hybridized carbons (Fsp3) is 0.629. The van der Waals surface area contributed by atoms with Crippen LogP contribution >= 0.6 is 0 Å². The first-order valence-corrected chi connectivity index (χ1v) is 17.9. The van der Waals surface area contributed by atoms with Gasteiger partial charge in [-0.05, 0) is 49.3 Å². The molecule has 3 unspecified atom stereocenters. The number of anilines is 1. The Morgan fingerprint density at radius 1 is 0.963 bits per heavy atom. The molecule has 300 valence electrons. The number of β-amino-alcohol motifs (C(OH)–C–C–N with tert-alkyl or cyclic N) is 1. The molecule has 1 aromatic rings. The van der Waals surface area contributed by atoms with E-state index in [1.807, 2.05) is 0 Å². The van der Waals surface area contributed by atoms with Gasteiger partial charge in [0.25, 0.3) is 0 Å². The summed E-state index contributed by atoms with van der Waals surface area (Å²) in [4.78, 5) is 89.2. The Morgan fingerprint density at radius 2 is 1.67 bits per heavy atom. The van der Waals surface area contributed by atoms with Gasteiger partial charge in [-0.2, -0.15) is 0 Å². The Labute approximate surface area is 314 Å². The molecule has 8 amide bonds. The molecule has 19 heteroatoms. The number of aliphatic hydroxyl groups is 4. The van der Waals surface area contributed by atoms with E-state index in [2.05, 4.69) is 21.3 Å². The van der Waals surface area contributed by atoms with Crippen LogP contribution in [0, 0.1) is 5.92 Å². The van der Waals surface area contributed by atoms with Crippen molar-refractivity contribution >= 4 is 47.3 Å². The number of imide groups is 1. The predicted octanol–water partition coefficient (Wildman–Crippen LogP) is -1.20. The van der Waals surface area contributed by atoms with E-state index in [-0.39, 0.29) is 63.7 Å². The average Bonchev–Trinajstić information content (AvgIpc) is 3.38. The number of aliphatic hydroxyl groups excluding tert-OH is 4. The Balaban J connectivity index is 1.55. The summed E-state index contributed by atoms with van der Waals surface area (Å²) in [6.07, 6.45) is -4.80. The fourth-order valence-electron chi connectivity index (χ4n) is 5.96. The van der Waals surface area contributed by atoms with Gasteiger partial charge in [-0.15, -0.1) is 0 Å². The highest BCUT2D eigenvalue weighted by molar-refractivity contribution is 6.02. The molecule has 2 aliphatic heterocycles.